The van der Waals surface area contributed by atoms with Crippen LogP contribution in [0, 0.1) is 11.8 Å². The number of fused-ring (bicyclic) bond motifs is 2. The summed E-state index contributed by atoms with van der Waals surface area (Å²) in [4.78, 5) is 46.4. The minimum absolute atomic E-state index is 0.00448. The van der Waals surface area contributed by atoms with E-state index in [1.807, 2.05) is 54.3 Å². The van der Waals surface area contributed by atoms with Gasteiger partial charge in [0.05, 0.1) is 35.8 Å². The summed E-state index contributed by atoms with van der Waals surface area (Å²) in [5.41, 5.74) is 0.763. The Morgan fingerprint density at radius 1 is 1.08 bits per heavy atom. The third-order valence-electron chi connectivity index (χ3n) is 8.90. The number of aliphatic hydroxyl groups excluding tert-OH is 1. The fourth-order valence-corrected chi connectivity index (χ4v) is 9.23. The fraction of sp³-hybridized carbons (Fsp3) is 0.581. The number of carbonyl (C=O) groups is 3. The average Bonchev–Trinajstić information content (AvgIpc) is 3.25. The van der Waals surface area contributed by atoms with Crippen LogP contribution in [-0.4, -0.2) is 74.0 Å². The van der Waals surface area contributed by atoms with Crippen LogP contribution in [0.1, 0.15) is 64.5 Å². The van der Waals surface area contributed by atoms with Crippen LogP contribution in [0.4, 0.5) is 0 Å². The molecule has 4 aliphatic rings. The van der Waals surface area contributed by atoms with Crippen molar-refractivity contribution in [2.45, 2.75) is 80.5 Å². The van der Waals surface area contributed by atoms with Crippen LogP contribution in [-0.2, 0) is 19.1 Å². The first-order valence-electron chi connectivity index (χ1n) is 14.3. The second kappa shape index (κ2) is 11.1. The SMILES string of the molecule is CCCC(C)N1CC=C[C@]23S[C@@]4(C)/C=C\CCCCOC(=O)[C@H]4[C@H]2C(=O)N([C@H](CO)c2ccccc2)C3C1=O. The Labute approximate surface area is 235 Å². The van der Waals surface area contributed by atoms with Crippen molar-refractivity contribution in [2.24, 2.45) is 11.8 Å². The quantitative estimate of drug-likeness (QED) is 0.419. The van der Waals surface area contributed by atoms with Crippen molar-refractivity contribution in [1.29, 1.82) is 0 Å². The molecule has 8 heteroatoms. The third kappa shape index (κ3) is 4.63. The first-order valence-corrected chi connectivity index (χ1v) is 15.1. The molecule has 0 radical (unpaired) electrons. The number of allylic oxidation sites excluding steroid dienone is 1. The van der Waals surface area contributed by atoms with Gasteiger partial charge in [-0.05, 0) is 45.1 Å². The van der Waals surface area contributed by atoms with Gasteiger partial charge in [-0.25, -0.2) is 0 Å². The van der Waals surface area contributed by atoms with Crippen molar-refractivity contribution in [2.75, 3.05) is 19.8 Å². The standard InChI is InChI=1S/C31H40N2O5S/c1-4-13-21(2)32-18-12-17-31-24(25-29(37)38-19-11-6-5-10-16-30(25,3)39-31)27(35)33(26(31)28(32)36)23(20-34)22-14-8-7-9-15-22/h7-10,12,14-17,21,23-26,34H,4-6,11,13,18-20H2,1-3H3/b16-10-/t21?,23-,24+,25-,26?,30+,31+/m1/s1. The van der Waals surface area contributed by atoms with E-state index < -0.39 is 33.4 Å². The number of nitrogens with zero attached hydrogens (tertiary/aromatic N) is 2. The average molecular weight is 553 g/mol. The number of carbonyl (C=O) groups excluding carboxylic acids is 3. The molecule has 2 amide bonds. The van der Waals surface area contributed by atoms with E-state index in [0.717, 1.165) is 37.7 Å². The molecule has 2 saturated heterocycles. The molecule has 0 aliphatic carbocycles. The zero-order chi connectivity index (χ0) is 27.8. The molecule has 1 spiro atoms. The Morgan fingerprint density at radius 3 is 2.56 bits per heavy atom. The van der Waals surface area contributed by atoms with Gasteiger partial charge in [0.25, 0.3) is 0 Å². The van der Waals surface area contributed by atoms with Crippen LogP contribution in [0.2, 0.25) is 0 Å². The third-order valence-corrected chi connectivity index (χ3v) is 10.7. The second-order valence-electron chi connectivity index (χ2n) is 11.4. The first-order chi connectivity index (χ1) is 18.8. The first kappa shape index (κ1) is 28.0. The fourth-order valence-electron chi connectivity index (χ4n) is 7.09. The molecule has 7 atom stereocenters. The summed E-state index contributed by atoms with van der Waals surface area (Å²) in [5.74, 6) is -2.30. The van der Waals surface area contributed by atoms with Crippen molar-refractivity contribution in [3.05, 3.63) is 60.2 Å². The van der Waals surface area contributed by atoms with Gasteiger partial charge in [-0.3, -0.25) is 14.4 Å². The minimum Gasteiger partial charge on any atom is -0.465 e. The van der Waals surface area contributed by atoms with Gasteiger partial charge in [0, 0.05) is 17.3 Å². The highest BCUT2D eigenvalue weighted by atomic mass is 32.2. The lowest BCUT2D eigenvalue weighted by Gasteiger charge is -2.41. The summed E-state index contributed by atoms with van der Waals surface area (Å²) in [6.45, 7) is 6.60. The van der Waals surface area contributed by atoms with Crippen molar-refractivity contribution >= 4 is 29.5 Å². The lowest BCUT2D eigenvalue weighted by atomic mass is 9.74. The Kier molecular flexibility index (Phi) is 7.98. The van der Waals surface area contributed by atoms with Crippen LogP contribution < -0.4 is 0 Å². The number of thioether (sulfide) groups is 1. The number of amides is 2. The van der Waals surface area contributed by atoms with E-state index in [4.69, 9.17) is 4.74 Å². The molecular formula is C31H40N2O5S. The maximum atomic E-state index is 14.6. The molecular weight excluding hydrogens is 512 g/mol. The number of benzene rings is 1. The van der Waals surface area contributed by atoms with Gasteiger partial charge in [-0.1, -0.05) is 68.0 Å². The number of esters is 1. The summed E-state index contributed by atoms with van der Waals surface area (Å²) in [6.07, 6.45) is 12.6. The van der Waals surface area contributed by atoms with Crippen LogP contribution in [0.5, 0.6) is 0 Å². The highest BCUT2D eigenvalue weighted by Crippen LogP contribution is 2.66. The number of hydrogen-bond acceptors (Lipinski definition) is 6. The highest BCUT2D eigenvalue weighted by molar-refractivity contribution is 8.02. The Bertz CT molecular complexity index is 1150. The zero-order valence-corrected chi connectivity index (χ0v) is 23.9. The topological polar surface area (TPSA) is 87.2 Å². The molecule has 1 aromatic rings. The molecule has 39 heavy (non-hydrogen) atoms. The number of likely N-dealkylation sites (tertiary alicyclic amines) is 1. The number of ether oxygens (including phenoxy) is 1. The normalized spacial score (nSPS) is 35.0. The molecule has 0 aromatic heterocycles. The maximum Gasteiger partial charge on any atom is 0.311 e. The van der Waals surface area contributed by atoms with E-state index in [1.165, 1.54) is 0 Å². The van der Waals surface area contributed by atoms with Gasteiger partial charge >= 0.3 is 5.97 Å². The predicted molar refractivity (Wildman–Crippen MR) is 152 cm³/mol. The van der Waals surface area contributed by atoms with Gasteiger partial charge in [-0.2, -0.15) is 0 Å². The molecule has 2 unspecified atom stereocenters. The summed E-state index contributed by atoms with van der Waals surface area (Å²) in [7, 11) is 0. The van der Waals surface area contributed by atoms with Crippen LogP contribution >= 0.6 is 11.8 Å². The molecule has 7 nitrogen and oxygen atoms in total. The molecule has 2 fully saturated rings. The summed E-state index contributed by atoms with van der Waals surface area (Å²) >= 11 is 1.55. The Morgan fingerprint density at radius 2 is 1.85 bits per heavy atom. The van der Waals surface area contributed by atoms with Gasteiger partial charge in [0.15, 0.2) is 0 Å². The molecule has 5 rings (SSSR count). The van der Waals surface area contributed by atoms with Crippen molar-refractivity contribution in [3.8, 4) is 0 Å². The van der Waals surface area contributed by atoms with Gasteiger partial charge in [-0.15, -0.1) is 11.8 Å². The van der Waals surface area contributed by atoms with E-state index in [9.17, 15) is 19.5 Å². The molecule has 1 N–H and O–H groups in total. The van der Waals surface area contributed by atoms with E-state index in [2.05, 4.69) is 26.0 Å². The molecule has 4 aliphatic heterocycles. The lowest BCUT2D eigenvalue weighted by Crippen LogP contribution is -2.56. The van der Waals surface area contributed by atoms with E-state index >= 15 is 0 Å². The van der Waals surface area contributed by atoms with E-state index in [-0.39, 0.29) is 30.4 Å². The van der Waals surface area contributed by atoms with E-state index in [0.29, 0.717) is 13.2 Å². The monoisotopic (exact) mass is 552 g/mol. The highest BCUT2D eigenvalue weighted by Gasteiger charge is 2.74. The number of cyclic esters (lactones) is 1. The van der Waals surface area contributed by atoms with Gasteiger partial charge in [0.1, 0.15) is 6.04 Å². The maximum absolute atomic E-state index is 14.6. The molecule has 0 saturated carbocycles. The second-order valence-corrected chi connectivity index (χ2v) is 13.2. The Hall–Kier alpha value is -2.58. The number of hydrogen-bond donors (Lipinski definition) is 1. The number of aliphatic hydroxyl groups is 1. The van der Waals surface area contributed by atoms with Crippen molar-refractivity contribution in [1.82, 2.24) is 9.80 Å². The smallest absolute Gasteiger partial charge is 0.311 e. The van der Waals surface area contributed by atoms with Crippen molar-refractivity contribution in [3.63, 3.8) is 0 Å². The van der Waals surface area contributed by atoms with Gasteiger partial charge in [0.2, 0.25) is 11.8 Å². The minimum atomic E-state index is -0.964. The Balaban J connectivity index is 1.68. The zero-order valence-electron chi connectivity index (χ0n) is 23.1. The van der Waals surface area contributed by atoms with E-state index in [1.54, 1.807) is 16.7 Å². The number of rotatable bonds is 6. The summed E-state index contributed by atoms with van der Waals surface area (Å²) in [6, 6.07) is 7.81. The van der Waals surface area contributed by atoms with Crippen LogP contribution in [0.15, 0.2) is 54.6 Å². The van der Waals surface area contributed by atoms with Crippen molar-refractivity contribution < 1.29 is 24.2 Å². The largest absolute Gasteiger partial charge is 0.465 e. The van der Waals surface area contributed by atoms with Crippen LogP contribution in [0.25, 0.3) is 0 Å². The lowest BCUT2D eigenvalue weighted by molar-refractivity contribution is -0.155. The molecule has 4 heterocycles. The predicted octanol–water partition coefficient (Wildman–Crippen LogP) is 4.28. The molecule has 1 aromatic carbocycles. The summed E-state index contributed by atoms with van der Waals surface area (Å²) < 4.78 is 4.08. The summed E-state index contributed by atoms with van der Waals surface area (Å²) in [5, 5.41) is 10.7. The molecule has 0 bridgehead atoms. The molecule has 210 valence electrons. The van der Waals surface area contributed by atoms with Gasteiger partial charge < -0.3 is 19.6 Å². The van der Waals surface area contributed by atoms with Crippen LogP contribution in [0.3, 0.4) is 0 Å².